The number of rotatable bonds is 3. The minimum absolute atomic E-state index is 0.0520. The summed E-state index contributed by atoms with van der Waals surface area (Å²) in [4.78, 5) is 57.7. The molecule has 1 spiro atoms. The average Bonchev–Trinajstić information content (AvgIpc) is 3.29. The number of hydrogen-bond acceptors (Lipinski definition) is 16. The maximum absolute atomic E-state index is 13.5. The van der Waals surface area contributed by atoms with Gasteiger partial charge in [0.25, 0.3) is 5.56 Å². The average molecular weight is 697 g/mol. The largest absolute Gasteiger partial charge is 0.472 e. The number of ether oxygens (including phenoxy) is 1. The number of fused-ring (bicyclic) bond motifs is 5. The smallest absolute Gasteiger partial charge is 0.396 e. The summed E-state index contributed by atoms with van der Waals surface area (Å²) in [5.74, 6) is -1.27. The van der Waals surface area contributed by atoms with Crippen LogP contribution in [0.25, 0.3) is 22.3 Å². The second-order valence-corrected chi connectivity index (χ2v) is 14.9. The van der Waals surface area contributed by atoms with Crippen LogP contribution in [0, 0.1) is 24.2 Å². The molecule has 6 heterocycles. The van der Waals surface area contributed by atoms with Gasteiger partial charge in [-0.3, -0.25) is 27.5 Å². The first kappa shape index (κ1) is 31.1. The highest BCUT2D eigenvalue weighted by Gasteiger charge is 2.73. The summed E-state index contributed by atoms with van der Waals surface area (Å²) in [5.41, 5.74) is 4.73. The SMILES string of the molecule is Cc1nc2c(ncn2[C@@H]2O[C@@H]3COP(=O)(O)O[C@H]4[C@H](n5cnc6c(N)ncnc65)[C@H]5CC5(COP(=O)(O)O[C@@H]2[C@@H]3CO)[C@H]4O)c(=O)[nH]1. The fraction of sp³-hybridized carbons (Fsp3) is 0.583. The first-order valence-electron chi connectivity index (χ1n) is 14.4. The van der Waals surface area contributed by atoms with Gasteiger partial charge >= 0.3 is 15.6 Å². The van der Waals surface area contributed by atoms with E-state index in [1.54, 1.807) is 11.5 Å². The summed E-state index contributed by atoms with van der Waals surface area (Å²) in [7, 11) is -9.94. The van der Waals surface area contributed by atoms with Gasteiger partial charge in [-0.05, 0) is 19.3 Å². The lowest BCUT2D eigenvalue weighted by atomic mass is 9.99. The summed E-state index contributed by atoms with van der Waals surface area (Å²) in [6.07, 6.45) is -2.76. The standard InChI is InChI=1S/C24H29N9O12P2/c1-9-30-21-14(22(36)31-9)29-8-33(21)23-16-10(3-34)12(43-23)4-41-46(37,38)45-17-15(32-7-28-13-19(25)26-6-27-20(13)32)11-2-24(11,18(17)35)5-42-47(39,40)44-16/h6-8,10-12,15-18,23,34-35H,2-5H2,1H3,(H,37,38)(H,39,40)(H2,25,26,27)(H,30,31,36)/t10-,11-,12-,15-,16-,17+,18+,23-,24?/m1/s1. The Labute approximate surface area is 262 Å². The number of aromatic amines is 1. The molecule has 2 saturated heterocycles. The fourth-order valence-electron chi connectivity index (χ4n) is 7.18. The highest BCUT2D eigenvalue weighted by molar-refractivity contribution is 7.47. The van der Waals surface area contributed by atoms with Crippen LogP contribution < -0.4 is 11.3 Å². The number of aliphatic hydroxyl groups excluding tert-OH is 2. The number of anilines is 1. The summed E-state index contributed by atoms with van der Waals surface area (Å²) < 4.78 is 58.0. The molecule has 0 amide bonds. The van der Waals surface area contributed by atoms with Gasteiger partial charge in [-0.25, -0.2) is 34.0 Å². The van der Waals surface area contributed by atoms with E-state index in [4.69, 9.17) is 28.6 Å². The number of hydrogen-bond donors (Lipinski definition) is 6. The number of nitrogen functional groups attached to an aromatic ring is 1. The van der Waals surface area contributed by atoms with Gasteiger partial charge in [-0.1, -0.05) is 0 Å². The van der Waals surface area contributed by atoms with Crippen LogP contribution in [0.4, 0.5) is 5.82 Å². The van der Waals surface area contributed by atoms with E-state index >= 15 is 0 Å². The topological polar surface area (TPSA) is 294 Å². The van der Waals surface area contributed by atoms with Gasteiger partial charge in [-0.15, -0.1) is 0 Å². The van der Waals surface area contributed by atoms with Crippen LogP contribution in [0.15, 0.2) is 23.8 Å². The number of H-pyrrole nitrogens is 1. The number of nitrogens with zero attached hydrogens (tertiary/aromatic N) is 7. The fourth-order valence-corrected chi connectivity index (χ4v) is 9.16. The van der Waals surface area contributed by atoms with Crippen molar-refractivity contribution in [2.24, 2.45) is 17.3 Å². The first-order valence-corrected chi connectivity index (χ1v) is 17.4. The molecular formula is C24H29N9O12P2. The highest BCUT2D eigenvalue weighted by atomic mass is 31.2. The Kier molecular flexibility index (Phi) is 7.04. The van der Waals surface area contributed by atoms with Crippen LogP contribution in [0.3, 0.4) is 0 Å². The maximum atomic E-state index is 13.5. The van der Waals surface area contributed by atoms with Crippen molar-refractivity contribution in [3.63, 3.8) is 0 Å². The van der Waals surface area contributed by atoms with Crippen LogP contribution in [0.2, 0.25) is 0 Å². The van der Waals surface area contributed by atoms with Gasteiger partial charge in [-0.2, -0.15) is 0 Å². The number of imidazole rings is 2. The molecule has 47 heavy (non-hydrogen) atoms. The number of nitrogens with one attached hydrogen (secondary N) is 1. The second kappa shape index (κ2) is 10.6. The van der Waals surface area contributed by atoms with Crippen molar-refractivity contribution in [1.29, 1.82) is 0 Å². The van der Waals surface area contributed by atoms with Crippen LogP contribution >= 0.6 is 15.6 Å². The molecule has 21 nitrogen and oxygen atoms in total. The van der Waals surface area contributed by atoms with E-state index in [1.165, 1.54) is 23.5 Å². The number of aliphatic hydroxyl groups is 2. The van der Waals surface area contributed by atoms with E-state index in [9.17, 15) is 33.9 Å². The normalized spacial score (nSPS) is 40.4. The summed E-state index contributed by atoms with van der Waals surface area (Å²) in [6, 6.07) is -0.850. The van der Waals surface area contributed by atoms with Gasteiger partial charge in [0.1, 0.15) is 29.9 Å². The zero-order valence-electron chi connectivity index (χ0n) is 24.3. The zero-order chi connectivity index (χ0) is 33.0. The molecular weight excluding hydrogens is 668 g/mol. The molecule has 4 fully saturated rings. The monoisotopic (exact) mass is 697 g/mol. The quantitative estimate of drug-likeness (QED) is 0.144. The Balaban J connectivity index is 1.17. The Hall–Kier alpha value is -3.20. The molecule has 11 atom stereocenters. The van der Waals surface area contributed by atoms with Crippen LogP contribution in [0.5, 0.6) is 0 Å². The summed E-state index contributed by atoms with van der Waals surface area (Å²) in [6.45, 7) is -0.315. The van der Waals surface area contributed by atoms with Crippen molar-refractivity contribution in [3.05, 3.63) is 35.2 Å². The van der Waals surface area contributed by atoms with Gasteiger partial charge in [0.2, 0.25) is 0 Å². The highest BCUT2D eigenvalue weighted by Crippen LogP contribution is 2.71. The second-order valence-electron chi connectivity index (χ2n) is 12.1. The van der Waals surface area contributed by atoms with Crippen molar-refractivity contribution in [2.75, 3.05) is 25.6 Å². The third kappa shape index (κ3) is 4.88. The number of phosphoric ester groups is 2. The third-order valence-corrected chi connectivity index (χ3v) is 11.4. The predicted octanol–water partition coefficient (Wildman–Crippen LogP) is -0.704. The molecule has 4 aromatic heterocycles. The Morgan fingerprint density at radius 2 is 1.77 bits per heavy atom. The summed E-state index contributed by atoms with van der Waals surface area (Å²) >= 11 is 0. The van der Waals surface area contributed by atoms with E-state index in [-0.39, 0.29) is 40.4 Å². The lowest BCUT2D eigenvalue weighted by Gasteiger charge is -2.31. The third-order valence-electron chi connectivity index (χ3n) is 9.47. The molecule has 8 rings (SSSR count). The molecule has 7 N–H and O–H groups in total. The van der Waals surface area contributed by atoms with Gasteiger partial charge in [0.15, 0.2) is 28.9 Å². The molecule has 4 aliphatic rings. The minimum atomic E-state index is -4.97. The van der Waals surface area contributed by atoms with Crippen molar-refractivity contribution in [1.82, 2.24) is 39.0 Å². The number of aryl methyl sites for hydroxylation is 1. The van der Waals surface area contributed by atoms with E-state index in [2.05, 4.69) is 29.9 Å². The molecule has 4 aromatic rings. The molecule has 252 valence electrons. The molecule has 0 aromatic carbocycles. The van der Waals surface area contributed by atoms with Crippen molar-refractivity contribution in [3.8, 4) is 0 Å². The van der Waals surface area contributed by atoms with E-state index in [0.29, 0.717) is 0 Å². The number of phosphoric acid groups is 2. The van der Waals surface area contributed by atoms with Crippen molar-refractivity contribution < 1.29 is 52.0 Å². The minimum Gasteiger partial charge on any atom is -0.396 e. The van der Waals surface area contributed by atoms with E-state index in [0.717, 1.165) is 0 Å². The summed E-state index contributed by atoms with van der Waals surface area (Å²) in [5, 5.41) is 21.9. The zero-order valence-corrected chi connectivity index (χ0v) is 26.1. The number of nitrogens with two attached hydrogens (primary N) is 1. The first-order chi connectivity index (χ1) is 22.3. The van der Waals surface area contributed by atoms with Crippen LogP contribution in [0.1, 0.15) is 24.5 Å². The molecule has 4 bridgehead atoms. The lowest BCUT2D eigenvalue weighted by molar-refractivity contribution is -0.0541. The van der Waals surface area contributed by atoms with E-state index < -0.39 is 95.0 Å². The predicted molar refractivity (Wildman–Crippen MR) is 154 cm³/mol. The lowest BCUT2D eigenvalue weighted by Crippen LogP contribution is -2.38. The van der Waals surface area contributed by atoms with Crippen LogP contribution in [-0.4, -0.2) is 103 Å². The molecule has 2 aliphatic carbocycles. The number of aromatic nitrogens is 8. The van der Waals surface area contributed by atoms with Crippen LogP contribution in [-0.2, 0) is 32.0 Å². The Bertz CT molecular complexity index is 2060. The van der Waals surface area contributed by atoms with Crippen molar-refractivity contribution >= 4 is 43.8 Å². The maximum Gasteiger partial charge on any atom is 0.472 e. The molecule has 0 radical (unpaired) electrons. The van der Waals surface area contributed by atoms with Gasteiger partial charge < -0.3 is 40.0 Å². The Morgan fingerprint density at radius 1 is 1.04 bits per heavy atom. The van der Waals surface area contributed by atoms with E-state index in [1.807, 2.05) is 0 Å². The Morgan fingerprint density at radius 3 is 2.55 bits per heavy atom. The molecule has 2 saturated carbocycles. The molecule has 3 unspecified atom stereocenters. The molecule has 2 aliphatic heterocycles. The van der Waals surface area contributed by atoms with Gasteiger partial charge in [0, 0.05) is 11.3 Å². The van der Waals surface area contributed by atoms with Crippen molar-refractivity contribution in [2.45, 2.75) is 50.0 Å². The van der Waals surface area contributed by atoms with Gasteiger partial charge in [0.05, 0.1) is 50.7 Å². The molecule has 23 heteroatoms.